The Morgan fingerprint density at radius 3 is 2.60 bits per heavy atom. The summed E-state index contributed by atoms with van der Waals surface area (Å²) in [6.07, 6.45) is 4.79. The van der Waals surface area contributed by atoms with Gasteiger partial charge >= 0.3 is 0 Å². The molecule has 100 valence electrons. The fourth-order valence-corrected chi connectivity index (χ4v) is 1.99. The van der Waals surface area contributed by atoms with Crippen LogP contribution in [-0.4, -0.2) is 26.9 Å². The van der Waals surface area contributed by atoms with Crippen molar-refractivity contribution < 1.29 is 4.74 Å². The Bertz CT molecular complexity index is 777. The number of H-pyrrole nitrogens is 1. The molecule has 2 heterocycles. The van der Waals surface area contributed by atoms with Crippen molar-refractivity contribution in [3.63, 3.8) is 0 Å². The van der Waals surface area contributed by atoms with Crippen molar-refractivity contribution in [3.05, 3.63) is 59.3 Å². The molecule has 1 aromatic carbocycles. The van der Waals surface area contributed by atoms with Crippen molar-refractivity contribution in [1.82, 2.24) is 19.7 Å². The van der Waals surface area contributed by atoms with Gasteiger partial charge in [-0.1, -0.05) is 18.2 Å². The van der Waals surface area contributed by atoms with E-state index in [4.69, 9.17) is 4.74 Å². The summed E-state index contributed by atoms with van der Waals surface area (Å²) in [5.74, 6) is 0.948. The first-order valence-electron chi connectivity index (χ1n) is 6.02. The molecule has 1 N–H and O–H groups in total. The second-order valence-electron chi connectivity index (χ2n) is 4.08. The Balaban J connectivity index is 2.14. The standard InChI is InChI=1S/C14H12N4O2/c1-20-12-6-3-2-5-10(12)11-9-17-18(13(11)19)14-15-7-4-8-16-14/h2-9,17H,1H3. The van der Waals surface area contributed by atoms with Crippen molar-refractivity contribution in [1.29, 1.82) is 0 Å². The van der Waals surface area contributed by atoms with E-state index in [0.29, 0.717) is 17.3 Å². The van der Waals surface area contributed by atoms with Crippen LogP contribution in [0.3, 0.4) is 0 Å². The molecule has 0 unspecified atom stereocenters. The van der Waals surface area contributed by atoms with E-state index in [1.165, 1.54) is 4.68 Å². The molecule has 3 aromatic rings. The first kappa shape index (κ1) is 12.2. The number of rotatable bonds is 3. The third-order valence-electron chi connectivity index (χ3n) is 2.92. The lowest BCUT2D eigenvalue weighted by Crippen LogP contribution is -2.18. The van der Waals surface area contributed by atoms with Gasteiger partial charge in [-0.15, -0.1) is 0 Å². The molecule has 0 aliphatic rings. The van der Waals surface area contributed by atoms with E-state index in [1.807, 2.05) is 24.3 Å². The normalized spacial score (nSPS) is 10.4. The SMILES string of the molecule is COc1ccccc1-c1c[nH]n(-c2ncccn2)c1=O. The number of ether oxygens (including phenoxy) is 1. The molecule has 0 bridgehead atoms. The Kier molecular flexibility index (Phi) is 3.04. The zero-order chi connectivity index (χ0) is 13.9. The summed E-state index contributed by atoms with van der Waals surface area (Å²) in [6.45, 7) is 0. The number of aromatic nitrogens is 4. The quantitative estimate of drug-likeness (QED) is 0.783. The van der Waals surface area contributed by atoms with Crippen molar-refractivity contribution in [2.24, 2.45) is 0 Å². The van der Waals surface area contributed by atoms with Gasteiger partial charge in [-0.3, -0.25) is 9.89 Å². The summed E-state index contributed by atoms with van der Waals surface area (Å²) in [5, 5.41) is 2.86. The summed E-state index contributed by atoms with van der Waals surface area (Å²) < 4.78 is 6.57. The van der Waals surface area contributed by atoms with Gasteiger partial charge < -0.3 is 4.74 Å². The van der Waals surface area contributed by atoms with E-state index in [1.54, 1.807) is 31.8 Å². The lowest BCUT2D eigenvalue weighted by molar-refractivity contribution is 0.416. The summed E-state index contributed by atoms with van der Waals surface area (Å²) in [7, 11) is 1.57. The smallest absolute Gasteiger partial charge is 0.281 e. The van der Waals surface area contributed by atoms with E-state index in [9.17, 15) is 4.79 Å². The molecule has 6 heteroatoms. The average molecular weight is 268 g/mol. The highest BCUT2D eigenvalue weighted by molar-refractivity contribution is 5.69. The van der Waals surface area contributed by atoms with Crippen molar-refractivity contribution in [2.75, 3.05) is 7.11 Å². The van der Waals surface area contributed by atoms with Crippen LogP contribution in [-0.2, 0) is 0 Å². The molecular formula is C14H12N4O2. The van der Waals surface area contributed by atoms with Gasteiger partial charge in [0, 0.05) is 24.2 Å². The molecule has 0 spiro atoms. The van der Waals surface area contributed by atoms with E-state index in [-0.39, 0.29) is 5.56 Å². The molecule has 0 saturated carbocycles. The summed E-state index contributed by atoms with van der Waals surface area (Å²) in [6, 6.07) is 9.05. The van der Waals surface area contributed by atoms with Crippen LogP contribution in [0.2, 0.25) is 0 Å². The van der Waals surface area contributed by atoms with Gasteiger partial charge in [-0.2, -0.15) is 4.68 Å². The first-order chi connectivity index (χ1) is 9.81. The zero-order valence-electron chi connectivity index (χ0n) is 10.8. The zero-order valence-corrected chi connectivity index (χ0v) is 10.8. The van der Waals surface area contributed by atoms with E-state index < -0.39 is 0 Å². The predicted molar refractivity (Wildman–Crippen MR) is 74.0 cm³/mol. The Morgan fingerprint density at radius 1 is 1.10 bits per heavy atom. The molecule has 3 rings (SSSR count). The number of aromatic amines is 1. The van der Waals surface area contributed by atoms with Crippen LogP contribution in [0.25, 0.3) is 17.1 Å². The van der Waals surface area contributed by atoms with Gasteiger partial charge in [0.2, 0.25) is 0 Å². The van der Waals surface area contributed by atoms with E-state index in [0.717, 1.165) is 5.56 Å². The van der Waals surface area contributed by atoms with Crippen LogP contribution >= 0.6 is 0 Å². The van der Waals surface area contributed by atoms with Crippen LogP contribution < -0.4 is 10.3 Å². The number of nitrogens with one attached hydrogen (secondary N) is 1. The number of para-hydroxylation sites is 1. The van der Waals surface area contributed by atoms with Gasteiger partial charge in [-0.05, 0) is 12.1 Å². The van der Waals surface area contributed by atoms with Crippen LogP contribution in [0, 0.1) is 0 Å². The lowest BCUT2D eigenvalue weighted by Gasteiger charge is -2.04. The van der Waals surface area contributed by atoms with Crippen LogP contribution in [0.15, 0.2) is 53.7 Å². The second-order valence-corrected chi connectivity index (χ2v) is 4.08. The number of methoxy groups -OCH3 is 1. The first-order valence-corrected chi connectivity index (χ1v) is 6.02. The van der Waals surface area contributed by atoms with Crippen molar-refractivity contribution in [2.45, 2.75) is 0 Å². The highest BCUT2D eigenvalue weighted by Crippen LogP contribution is 2.26. The number of hydrogen-bond donors (Lipinski definition) is 1. The minimum Gasteiger partial charge on any atom is -0.496 e. The molecular weight excluding hydrogens is 256 g/mol. The van der Waals surface area contributed by atoms with Crippen LogP contribution in [0.4, 0.5) is 0 Å². The molecule has 0 aliphatic heterocycles. The van der Waals surface area contributed by atoms with Gasteiger partial charge in [0.1, 0.15) is 5.75 Å². The minimum atomic E-state index is -0.222. The average Bonchev–Trinajstić information content (AvgIpc) is 2.89. The second kappa shape index (κ2) is 5.00. The molecule has 2 aromatic heterocycles. The van der Waals surface area contributed by atoms with Gasteiger partial charge in [0.05, 0.1) is 12.7 Å². The summed E-state index contributed by atoms with van der Waals surface area (Å²) in [5.41, 5.74) is 1.02. The number of benzene rings is 1. The molecule has 6 nitrogen and oxygen atoms in total. The van der Waals surface area contributed by atoms with Gasteiger partial charge in [-0.25, -0.2) is 9.97 Å². The molecule has 20 heavy (non-hydrogen) atoms. The van der Waals surface area contributed by atoms with E-state index in [2.05, 4.69) is 15.1 Å². The van der Waals surface area contributed by atoms with E-state index >= 15 is 0 Å². The topological polar surface area (TPSA) is 72.8 Å². The Hall–Kier alpha value is -2.89. The molecule has 0 aliphatic carbocycles. The minimum absolute atomic E-state index is 0.222. The predicted octanol–water partition coefficient (Wildman–Crippen LogP) is 1.63. The molecule has 0 radical (unpaired) electrons. The van der Waals surface area contributed by atoms with Crippen molar-refractivity contribution in [3.8, 4) is 22.8 Å². The van der Waals surface area contributed by atoms with Crippen molar-refractivity contribution >= 4 is 0 Å². The molecule has 0 fully saturated rings. The molecule has 0 saturated heterocycles. The lowest BCUT2D eigenvalue weighted by atomic mass is 10.1. The molecule has 0 amide bonds. The third-order valence-corrected chi connectivity index (χ3v) is 2.92. The fraction of sp³-hybridized carbons (Fsp3) is 0.0714. The largest absolute Gasteiger partial charge is 0.496 e. The third kappa shape index (κ3) is 1.97. The van der Waals surface area contributed by atoms with Gasteiger partial charge in [0.25, 0.3) is 11.5 Å². The fourth-order valence-electron chi connectivity index (χ4n) is 1.99. The number of hydrogen-bond acceptors (Lipinski definition) is 4. The Labute approximate surface area is 114 Å². The highest BCUT2D eigenvalue weighted by atomic mass is 16.5. The number of nitrogens with zero attached hydrogens (tertiary/aromatic N) is 3. The summed E-state index contributed by atoms with van der Waals surface area (Å²) in [4.78, 5) is 20.5. The van der Waals surface area contributed by atoms with Crippen LogP contribution in [0.5, 0.6) is 5.75 Å². The van der Waals surface area contributed by atoms with Gasteiger partial charge in [0.15, 0.2) is 0 Å². The highest BCUT2D eigenvalue weighted by Gasteiger charge is 2.14. The summed E-state index contributed by atoms with van der Waals surface area (Å²) >= 11 is 0. The maximum absolute atomic E-state index is 12.4. The maximum atomic E-state index is 12.4. The Morgan fingerprint density at radius 2 is 1.85 bits per heavy atom. The van der Waals surface area contributed by atoms with Crippen LogP contribution in [0.1, 0.15) is 0 Å². The molecule has 0 atom stereocenters. The monoisotopic (exact) mass is 268 g/mol. The maximum Gasteiger partial charge on any atom is 0.281 e.